The first-order valence-electron chi connectivity index (χ1n) is 6.71. The molecule has 0 radical (unpaired) electrons. The average Bonchev–Trinajstić information content (AvgIpc) is 2.45. The molecule has 1 amide bonds. The lowest BCUT2D eigenvalue weighted by Crippen LogP contribution is -2.43. The molecule has 0 fully saturated rings. The minimum Gasteiger partial charge on any atom is -0.480 e. The van der Waals surface area contributed by atoms with E-state index in [9.17, 15) is 9.59 Å². The van der Waals surface area contributed by atoms with Gasteiger partial charge in [0.05, 0.1) is 0 Å². The van der Waals surface area contributed by atoms with Crippen LogP contribution < -0.4 is 5.32 Å². The van der Waals surface area contributed by atoms with Gasteiger partial charge < -0.3 is 15.2 Å². The molecule has 0 aliphatic rings. The number of nitrogens with one attached hydrogen (secondary N) is 1. The molecule has 0 saturated carbocycles. The van der Waals surface area contributed by atoms with Crippen LogP contribution in [-0.4, -0.2) is 30.1 Å². The van der Waals surface area contributed by atoms with Crippen molar-refractivity contribution in [3.05, 3.63) is 35.9 Å². The maximum Gasteiger partial charge on any atom is 0.326 e. The first-order chi connectivity index (χ1) is 9.60. The van der Waals surface area contributed by atoms with Crippen LogP contribution in [0.1, 0.15) is 37.9 Å². The molecule has 20 heavy (non-hydrogen) atoms. The molecule has 5 nitrogen and oxygen atoms in total. The minimum absolute atomic E-state index is 0.419. The number of rotatable bonds is 8. The van der Waals surface area contributed by atoms with Gasteiger partial charge in [0.2, 0.25) is 0 Å². The Morgan fingerprint density at radius 2 is 1.95 bits per heavy atom. The number of benzene rings is 1. The fraction of sp³-hybridized carbons (Fsp3) is 0.467. The Morgan fingerprint density at radius 1 is 1.30 bits per heavy atom. The maximum atomic E-state index is 12.2. The Hall–Kier alpha value is -1.88. The molecule has 0 saturated heterocycles. The van der Waals surface area contributed by atoms with Gasteiger partial charge >= 0.3 is 5.97 Å². The van der Waals surface area contributed by atoms with E-state index in [0.717, 1.165) is 12.8 Å². The molecule has 110 valence electrons. The number of hydrogen-bond acceptors (Lipinski definition) is 3. The second kappa shape index (κ2) is 8.32. The molecule has 2 N–H and O–H groups in total. The number of carbonyl (C=O) groups is 2. The third-order valence-electron chi connectivity index (χ3n) is 3.04. The van der Waals surface area contributed by atoms with Crippen LogP contribution in [0.15, 0.2) is 30.3 Å². The molecule has 1 aromatic carbocycles. The zero-order chi connectivity index (χ0) is 15.0. The van der Waals surface area contributed by atoms with Gasteiger partial charge in [-0.15, -0.1) is 0 Å². The monoisotopic (exact) mass is 279 g/mol. The fourth-order valence-electron chi connectivity index (χ4n) is 1.94. The van der Waals surface area contributed by atoms with E-state index < -0.39 is 24.0 Å². The lowest BCUT2D eigenvalue weighted by Gasteiger charge is -2.19. The van der Waals surface area contributed by atoms with Crippen molar-refractivity contribution in [1.82, 2.24) is 5.32 Å². The van der Waals surface area contributed by atoms with Gasteiger partial charge in [-0.3, -0.25) is 4.79 Å². The predicted octanol–water partition coefficient (Wildman–Crippen LogP) is 2.13. The number of ether oxygens (including phenoxy) is 1. The molecule has 0 bridgehead atoms. The van der Waals surface area contributed by atoms with Crippen molar-refractivity contribution in [2.45, 2.75) is 38.3 Å². The number of carboxylic acid groups (broad SMARTS) is 1. The second-order valence-corrected chi connectivity index (χ2v) is 4.57. The number of hydrogen-bond donors (Lipinski definition) is 2. The van der Waals surface area contributed by atoms with Gasteiger partial charge in [-0.25, -0.2) is 4.79 Å². The molecule has 1 rings (SSSR count). The highest BCUT2D eigenvalue weighted by atomic mass is 16.5. The lowest BCUT2D eigenvalue weighted by atomic mass is 10.1. The van der Waals surface area contributed by atoms with E-state index >= 15 is 0 Å². The van der Waals surface area contributed by atoms with E-state index in [2.05, 4.69) is 5.32 Å². The Balaban J connectivity index is 2.73. The van der Waals surface area contributed by atoms with Gasteiger partial charge in [0.1, 0.15) is 6.04 Å². The summed E-state index contributed by atoms with van der Waals surface area (Å²) in [5.74, 6) is -1.45. The molecule has 0 aliphatic carbocycles. The molecule has 5 heteroatoms. The van der Waals surface area contributed by atoms with E-state index in [-0.39, 0.29) is 0 Å². The van der Waals surface area contributed by atoms with Crippen LogP contribution in [0.3, 0.4) is 0 Å². The van der Waals surface area contributed by atoms with E-state index in [1.807, 2.05) is 13.0 Å². The highest BCUT2D eigenvalue weighted by Gasteiger charge is 2.25. The summed E-state index contributed by atoms with van der Waals surface area (Å²) in [4.78, 5) is 23.3. The van der Waals surface area contributed by atoms with Crippen LogP contribution in [0, 0.1) is 0 Å². The summed E-state index contributed by atoms with van der Waals surface area (Å²) in [5.41, 5.74) is 0.701. The molecule has 0 aliphatic heterocycles. The standard InChI is InChI=1S/C15H21NO4/c1-3-4-10-12(15(18)19)16-14(17)13(20-2)11-8-6-5-7-9-11/h5-9,12-13H,3-4,10H2,1-2H3,(H,16,17)(H,18,19)/t12?,13-/m1/s1. The van der Waals surface area contributed by atoms with Crippen LogP contribution >= 0.6 is 0 Å². The summed E-state index contributed by atoms with van der Waals surface area (Å²) in [7, 11) is 1.43. The van der Waals surface area contributed by atoms with Crippen molar-refractivity contribution in [2.24, 2.45) is 0 Å². The molecule has 1 aromatic rings. The molecule has 0 aromatic heterocycles. The minimum atomic E-state index is -1.02. The van der Waals surface area contributed by atoms with Crippen LogP contribution in [0.25, 0.3) is 0 Å². The highest BCUT2D eigenvalue weighted by molar-refractivity contribution is 5.87. The number of carbonyl (C=O) groups excluding carboxylic acids is 1. The molecular formula is C15H21NO4. The van der Waals surface area contributed by atoms with Crippen LogP contribution in [0.4, 0.5) is 0 Å². The van der Waals surface area contributed by atoms with E-state index in [1.165, 1.54) is 7.11 Å². The summed E-state index contributed by atoms with van der Waals surface area (Å²) in [6.45, 7) is 1.97. The summed E-state index contributed by atoms with van der Waals surface area (Å²) in [6, 6.07) is 8.13. The zero-order valence-electron chi connectivity index (χ0n) is 11.8. The first kappa shape index (κ1) is 16.2. The van der Waals surface area contributed by atoms with Gasteiger partial charge in [0.15, 0.2) is 6.10 Å². The third-order valence-corrected chi connectivity index (χ3v) is 3.04. The van der Waals surface area contributed by atoms with Crippen molar-refractivity contribution in [1.29, 1.82) is 0 Å². The van der Waals surface area contributed by atoms with Crippen LogP contribution in [0.5, 0.6) is 0 Å². The highest BCUT2D eigenvalue weighted by Crippen LogP contribution is 2.16. The molecule has 0 spiro atoms. The van der Waals surface area contributed by atoms with Gasteiger partial charge in [0.25, 0.3) is 5.91 Å². The van der Waals surface area contributed by atoms with Crippen LogP contribution in [0.2, 0.25) is 0 Å². The van der Waals surface area contributed by atoms with Crippen molar-refractivity contribution in [2.75, 3.05) is 7.11 Å². The average molecular weight is 279 g/mol. The number of unbranched alkanes of at least 4 members (excludes halogenated alkanes) is 1. The molecular weight excluding hydrogens is 258 g/mol. The van der Waals surface area contributed by atoms with Gasteiger partial charge in [-0.2, -0.15) is 0 Å². The molecule has 2 atom stereocenters. The van der Waals surface area contributed by atoms with E-state index in [4.69, 9.17) is 9.84 Å². The summed E-state index contributed by atoms with van der Waals surface area (Å²) in [5, 5.41) is 11.7. The maximum absolute atomic E-state index is 12.2. The largest absolute Gasteiger partial charge is 0.480 e. The first-order valence-corrected chi connectivity index (χ1v) is 6.71. The zero-order valence-corrected chi connectivity index (χ0v) is 11.8. The summed E-state index contributed by atoms with van der Waals surface area (Å²) in [6.07, 6.45) is 1.26. The quantitative estimate of drug-likeness (QED) is 0.764. The Kier molecular flexibility index (Phi) is 6.73. The number of methoxy groups -OCH3 is 1. The van der Waals surface area contributed by atoms with Crippen LogP contribution in [-0.2, 0) is 14.3 Å². The van der Waals surface area contributed by atoms with Gasteiger partial charge in [-0.1, -0.05) is 50.1 Å². The van der Waals surface area contributed by atoms with Crippen molar-refractivity contribution in [3.63, 3.8) is 0 Å². The lowest BCUT2D eigenvalue weighted by molar-refractivity contribution is -0.144. The van der Waals surface area contributed by atoms with Gasteiger partial charge in [-0.05, 0) is 12.0 Å². The van der Waals surface area contributed by atoms with Crippen molar-refractivity contribution >= 4 is 11.9 Å². The Morgan fingerprint density at radius 3 is 2.45 bits per heavy atom. The number of carboxylic acids is 1. The number of amides is 1. The van der Waals surface area contributed by atoms with Crippen molar-refractivity contribution in [3.8, 4) is 0 Å². The van der Waals surface area contributed by atoms with E-state index in [0.29, 0.717) is 12.0 Å². The molecule has 0 heterocycles. The fourth-order valence-corrected chi connectivity index (χ4v) is 1.94. The number of aliphatic carboxylic acids is 1. The van der Waals surface area contributed by atoms with Gasteiger partial charge in [0, 0.05) is 7.11 Å². The third kappa shape index (κ3) is 4.66. The Labute approximate surface area is 118 Å². The van der Waals surface area contributed by atoms with Crippen molar-refractivity contribution < 1.29 is 19.4 Å². The summed E-state index contributed by atoms with van der Waals surface area (Å²) < 4.78 is 5.18. The molecule has 1 unspecified atom stereocenters. The smallest absolute Gasteiger partial charge is 0.326 e. The SMILES string of the molecule is CCCCC(NC(=O)[C@H](OC)c1ccccc1)C(=O)O. The summed E-state index contributed by atoms with van der Waals surface area (Å²) >= 11 is 0. The predicted molar refractivity (Wildman–Crippen MR) is 75.3 cm³/mol. The second-order valence-electron chi connectivity index (χ2n) is 4.57. The normalized spacial score (nSPS) is 13.5. The Bertz CT molecular complexity index is 433. The van der Waals surface area contributed by atoms with E-state index in [1.54, 1.807) is 24.3 Å². The topological polar surface area (TPSA) is 75.6 Å².